The Hall–Kier alpha value is -1.56. The molecule has 1 heterocycles. The van der Waals surface area contributed by atoms with E-state index in [1.54, 1.807) is 0 Å². The molecule has 6 heteroatoms. The van der Waals surface area contributed by atoms with E-state index in [4.69, 9.17) is 4.42 Å². The van der Waals surface area contributed by atoms with Gasteiger partial charge in [-0.3, -0.25) is 4.79 Å². The van der Waals surface area contributed by atoms with Crippen molar-refractivity contribution in [1.82, 2.24) is 0 Å². The molecule has 0 radical (unpaired) electrons. The van der Waals surface area contributed by atoms with E-state index in [1.165, 1.54) is 12.1 Å². The molecule has 1 aromatic carbocycles. The van der Waals surface area contributed by atoms with Gasteiger partial charge in [0, 0.05) is 6.07 Å². The molecule has 0 saturated heterocycles. The fourth-order valence-corrected chi connectivity index (χ4v) is 1.57. The molecule has 88 valence electrons. The van der Waals surface area contributed by atoms with E-state index in [-0.39, 0.29) is 10.4 Å². The summed E-state index contributed by atoms with van der Waals surface area (Å²) < 4.78 is 44.1. The number of benzene rings is 1. The van der Waals surface area contributed by atoms with Gasteiger partial charge in [-0.05, 0) is 34.1 Å². The summed E-state index contributed by atoms with van der Waals surface area (Å²) in [6.07, 6.45) is 0. The molecule has 0 atom stereocenters. The zero-order chi connectivity index (χ0) is 12.6. The van der Waals surface area contributed by atoms with E-state index in [1.807, 2.05) is 0 Å². The first-order valence-electron chi connectivity index (χ1n) is 4.43. The number of hydrogen-bond donors (Lipinski definition) is 0. The molecule has 0 aliphatic rings. The lowest BCUT2D eigenvalue weighted by molar-refractivity contribution is 0.100. The van der Waals surface area contributed by atoms with Gasteiger partial charge >= 0.3 is 0 Å². The van der Waals surface area contributed by atoms with E-state index >= 15 is 0 Å². The lowest BCUT2D eigenvalue weighted by Crippen LogP contribution is -2.05. The Morgan fingerprint density at radius 3 is 2.29 bits per heavy atom. The topological polar surface area (TPSA) is 30.2 Å². The molecular weight excluding hydrogens is 301 g/mol. The zero-order valence-electron chi connectivity index (χ0n) is 8.14. The Labute approximate surface area is 102 Å². The van der Waals surface area contributed by atoms with E-state index in [9.17, 15) is 18.0 Å². The number of carbonyl (C=O) groups is 1. The van der Waals surface area contributed by atoms with Gasteiger partial charge in [-0.2, -0.15) is 0 Å². The predicted molar refractivity (Wildman–Crippen MR) is 56.2 cm³/mol. The van der Waals surface area contributed by atoms with Gasteiger partial charge in [-0.25, -0.2) is 13.2 Å². The highest BCUT2D eigenvalue weighted by Crippen LogP contribution is 2.20. The van der Waals surface area contributed by atoms with Crippen molar-refractivity contribution in [3.8, 4) is 0 Å². The molecule has 17 heavy (non-hydrogen) atoms. The summed E-state index contributed by atoms with van der Waals surface area (Å²) in [5.41, 5.74) is -0.578. The van der Waals surface area contributed by atoms with Gasteiger partial charge in [0.05, 0.1) is 5.56 Å². The maximum Gasteiger partial charge on any atom is 0.231 e. The lowest BCUT2D eigenvalue weighted by atomic mass is 10.1. The third-order valence-electron chi connectivity index (χ3n) is 2.05. The summed E-state index contributed by atoms with van der Waals surface area (Å²) in [6.45, 7) is 0. The van der Waals surface area contributed by atoms with Crippen LogP contribution < -0.4 is 0 Å². The number of carbonyl (C=O) groups excluding carboxylic acids is 1. The number of ketones is 1. The number of furan rings is 1. The Morgan fingerprint density at radius 1 is 1.06 bits per heavy atom. The maximum atomic E-state index is 13.3. The van der Waals surface area contributed by atoms with Crippen molar-refractivity contribution in [3.05, 3.63) is 57.7 Å². The molecule has 0 N–H and O–H groups in total. The quantitative estimate of drug-likeness (QED) is 0.626. The summed E-state index contributed by atoms with van der Waals surface area (Å²) in [7, 11) is 0. The van der Waals surface area contributed by atoms with Crippen molar-refractivity contribution in [2.75, 3.05) is 0 Å². The molecule has 0 aliphatic heterocycles. The minimum atomic E-state index is -1.35. The van der Waals surface area contributed by atoms with Gasteiger partial charge in [0.2, 0.25) is 5.78 Å². The van der Waals surface area contributed by atoms with E-state index < -0.39 is 28.8 Å². The number of rotatable bonds is 2. The standard InChI is InChI=1S/C11H4BrF3O2/c12-10-2-1-9(17-10)11(16)5-3-7(14)8(15)4-6(5)13/h1-4H. The lowest BCUT2D eigenvalue weighted by Gasteiger charge is -2.01. The minimum absolute atomic E-state index is 0.165. The second-order valence-electron chi connectivity index (χ2n) is 3.18. The minimum Gasteiger partial charge on any atom is -0.446 e. The van der Waals surface area contributed by atoms with Gasteiger partial charge in [-0.1, -0.05) is 0 Å². The van der Waals surface area contributed by atoms with Crippen LogP contribution in [0.5, 0.6) is 0 Å². The molecule has 2 aromatic rings. The van der Waals surface area contributed by atoms with Crippen LogP contribution >= 0.6 is 15.9 Å². The van der Waals surface area contributed by atoms with Crippen molar-refractivity contribution in [2.24, 2.45) is 0 Å². The fraction of sp³-hybridized carbons (Fsp3) is 0. The number of hydrogen-bond acceptors (Lipinski definition) is 2. The first kappa shape index (κ1) is 11.9. The summed E-state index contributed by atoms with van der Waals surface area (Å²) in [4.78, 5) is 11.7. The molecule has 0 bridgehead atoms. The molecule has 0 unspecified atom stereocenters. The molecular formula is C11H4BrF3O2. The zero-order valence-corrected chi connectivity index (χ0v) is 9.72. The molecule has 0 aliphatic carbocycles. The second-order valence-corrected chi connectivity index (χ2v) is 3.96. The monoisotopic (exact) mass is 304 g/mol. The third-order valence-corrected chi connectivity index (χ3v) is 2.48. The predicted octanol–water partition coefficient (Wildman–Crippen LogP) is 3.69. The van der Waals surface area contributed by atoms with Gasteiger partial charge in [0.1, 0.15) is 5.82 Å². The molecule has 2 rings (SSSR count). The van der Waals surface area contributed by atoms with Crippen LogP contribution in [0.15, 0.2) is 33.4 Å². The van der Waals surface area contributed by atoms with Gasteiger partial charge in [0.15, 0.2) is 22.1 Å². The average molecular weight is 305 g/mol. The normalized spacial score (nSPS) is 10.6. The van der Waals surface area contributed by atoms with Crippen LogP contribution in [0.2, 0.25) is 0 Å². The summed E-state index contributed by atoms with van der Waals surface area (Å²) in [5, 5.41) is 0. The van der Waals surface area contributed by atoms with Crippen LogP contribution in [-0.4, -0.2) is 5.78 Å². The van der Waals surface area contributed by atoms with Crippen LogP contribution in [0.25, 0.3) is 0 Å². The number of halogens is 4. The van der Waals surface area contributed by atoms with Crippen LogP contribution in [0, 0.1) is 17.5 Å². The maximum absolute atomic E-state index is 13.3. The van der Waals surface area contributed by atoms with E-state index in [0.29, 0.717) is 12.1 Å². The molecule has 0 fully saturated rings. The van der Waals surface area contributed by atoms with Crippen molar-refractivity contribution in [1.29, 1.82) is 0 Å². The SMILES string of the molecule is O=C(c1ccc(Br)o1)c1cc(F)c(F)cc1F. The van der Waals surface area contributed by atoms with Gasteiger partial charge in [-0.15, -0.1) is 0 Å². The van der Waals surface area contributed by atoms with Crippen molar-refractivity contribution < 1.29 is 22.4 Å². The second kappa shape index (κ2) is 4.37. The van der Waals surface area contributed by atoms with Crippen molar-refractivity contribution in [3.63, 3.8) is 0 Å². The first-order valence-corrected chi connectivity index (χ1v) is 5.23. The third kappa shape index (κ3) is 2.26. The molecule has 2 nitrogen and oxygen atoms in total. The molecule has 1 aromatic heterocycles. The Kier molecular flexibility index (Phi) is 3.06. The van der Waals surface area contributed by atoms with E-state index in [2.05, 4.69) is 15.9 Å². The Balaban J connectivity index is 2.47. The highest BCUT2D eigenvalue weighted by molar-refractivity contribution is 9.10. The first-order chi connectivity index (χ1) is 7.99. The average Bonchev–Trinajstić information content (AvgIpc) is 2.69. The largest absolute Gasteiger partial charge is 0.446 e. The van der Waals surface area contributed by atoms with Crippen molar-refractivity contribution >= 4 is 21.7 Å². The highest BCUT2D eigenvalue weighted by atomic mass is 79.9. The summed E-state index contributed by atoms with van der Waals surface area (Å²) >= 11 is 2.97. The van der Waals surface area contributed by atoms with Gasteiger partial charge < -0.3 is 4.42 Å². The van der Waals surface area contributed by atoms with Crippen LogP contribution in [0.4, 0.5) is 13.2 Å². The summed E-state index contributed by atoms with van der Waals surface area (Å²) in [6, 6.07) is 3.56. The van der Waals surface area contributed by atoms with Gasteiger partial charge in [0.25, 0.3) is 0 Å². The van der Waals surface area contributed by atoms with Crippen molar-refractivity contribution in [2.45, 2.75) is 0 Å². The van der Waals surface area contributed by atoms with Crippen LogP contribution in [-0.2, 0) is 0 Å². The highest BCUT2D eigenvalue weighted by Gasteiger charge is 2.20. The molecule has 0 spiro atoms. The Bertz CT molecular complexity index is 592. The van der Waals surface area contributed by atoms with E-state index in [0.717, 1.165) is 0 Å². The van der Waals surface area contributed by atoms with Crippen LogP contribution in [0.3, 0.4) is 0 Å². The van der Waals surface area contributed by atoms with Crippen LogP contribution in [0.1, 0.15) is 16.1 Å². The fourth-order valence-electron chi connectivity index (χ4n) is 1.27. The summed E-state index contributed by atoms with van der Waals surface area (Å²) in [5.74, 6) is -4.80. The smallest absolute Gasteiger partial charge is 0.231 e. The molecule has 0 saturated carbocycles. The molecule has 0 amide bonds. The Morgan fingerprint density at radius 2 is 1.71 bits per heavy atom.